The summed E-state index contributed by atoms with van der Waals surface area (Å²) < 4.78 is 28.5. The van der Waals surface area contributed by atoms with Crippen molar-refractivity contribution in [3.05, 3.63) is 29.3 Å². The van der Waals surface area contributed by atoms with E-state index < -0.39 is 10.0 Å². The van der Waals surface area contributed by atoms with E-state index in [4.69, 9.17) is 0 Å². The van der Waals surface area contributed by atoms with Crippen molar-refractivity contribution in [3.63, 3.8) is 0 Å². The molecule has 2 saturated carbocycles. The number of hydrogen-bond donors (Lipinski definition) is 2. The molecule has 5 heteroatoms. The number of aliphatic hydroxyl groups is 1. The Morgan fingerprint density at radius 1 is 1.24 bits per heavy atom. The first kappa shape index (κ1) is 15.0. The number of benzene rings is 1. The van der Waals surface area contributed by atoms with Crippen LogP contribution in [0.1, 0.15) is 43.7 Å². The Morgan fingerprint density at radius 3 is 2.33 bits per heavy atom. The minimum absolute atomic E-state index is 0.109. The van der Waals surface area contributed by atoms with Gasteiger partial charge in [0.2, 0.25) is 10.0 Å². The van der Waals surface area contributed by atoms with Gasteiger partial charge in [0.05, 0.1) is 11.5 Å². The normalized spacial score (nSPS) is 19.2. The Morgan fingerprint density at radius 2 is 1.86 bits per heavy atom. The second-order valence-electron chi connectivity index (χ2n) is 6.28. The van der Waals surface area contributed by atoms with E-state index in [0.717, 1.165) is 31.2 Å². The lowest BCUT2D eigenvalue weighted by molar-refractivity contribution is 0.281. The number of aryl methyl sites for hydroxylation is 1. The van der Waals surface area contributed by atoms with Gasteiger partial charge in [0.1, 0.15) is 0 Å². The van der Waals surface area contributed by atoms with Crippen LogP contribution in [0.4, 0.5) is 0 Å². The van der Waals surface area contributed by atoms with Gasteiger partial charge in [-0.3, -0.25) is 0 Å². The Balaban J connectivity index is 1.89. The van der Waals surface area contributed by atoms with Gasteiger partial charge >= 0.3 is 0 Å². The van der Waals surface area contributed by atoms with Crippen LogP contribution >= 0.6 is 0 Å². The quantitative estimate of drug-likeness (QED) is 0.811. The average molecular weight is 309 g/mol. The monoisotopic (exact) mass is 309 g/mol. The summed E-state index contributed by atoms with van der Waals surface area (Å²) in [5.74, 6) is 1.05. The Kier molecular flexibility index (Phi) is 4.08. The average Bonchev–Trinajstić information content (AvgIpc) is 3.37. The molecule has 0 heterocycles. The Hall–Kier alpha value is -0.910. The van der Waals surface area contributed by atoms with Crippen LogP contribution in [0.15, 0.2) is 23.1 Å². The third-order valence-electron chi connectivity index (χ3n) is 4.54. The van der Waals surface area contributed by atoms with Crippen molar-refractivity contribution < 1.29 is 13.5 Å². The number of hydrogen-bond acceptors (Lipinski definition) is 3. The third-order valence-corrected chi connectivity index (χ3v) is 6.08. The highest BCUT2D eigenvalue weighted by atomic mass is 32.2. The lowest BCUT2D eigenvalue weighted by Gasteiger charge is -2.19. The predicted octanol–water partition coefficient (Wildman–Crippen LogP) is 2.21. The van der Waals surface area contributed by atoms with Crippen molar-refractivity contribution in [2.75, 3.05) is 0 Å². The van der Waals surface area contributed by atoms with E-state index in [-0.39, 0.29) is 12.6 Å². The van der Waals surface area contributed by atoms with Gasteiger partial charge in [0.25, 0.3) is 0 Å². The highest BCUT2D eigenvalue weighted by Gasteiger charge is 2.43. The molecule has 0 atom stereocenters. The first-order valence-electron chi connectivity index (χ1n) is 7.80. The molecule has 116 valence electrons. The molecule has 0 radical (unpaired) electrons. The molecule has 0 unspecified atom stereocenters. The fraction of sp³-hybridized carbons (Fsp3) is 0.625. The lowest BCUT2D eigenvalue weighted by atomic mass is 10.1. The molecule has 1 aromatic rings. The van der Waals surface area contributed by atoms with E-state index in [2.05, 4.69) is 4.72 Å². The highest BCUT2D eigenvalue weighted by molar-refractivity contribution is 7.89. The molecule has 0 bridgehead atoms. The van der Waals surface area contributed by atoms with Gasteiger partial charge in [-0.05, 0) is 61.1 Å². The summed E-state index contributed by atoms with van der Waals surface area (Å²) in [5, 5.41) is 9.25. The zero-order valence-corrected chi connectivity index (χ0v) is 13.2. The van der Waals surface area contributed by atoms with Crippen molar-refractivity contribution >= 4 is 10.0 Å². The number of sulfonamides is 1. The molecule has 21 heavy (non-hydrogen) atoms. The summed E-state index contributed by atoms with van der Waals surface area (Å²) in [6.45, 7) is 1.81. The minimum atomic E-state index is -3.51. The van der Waals surface area contributed by atoms with Gasteiger partial charge in [0, 0.05) is 6.04 Å². The smallest absolute Gasteiger partial charge is 0.241 e. The predicted molar refractivity (Wildman–Crippen MR) is 81.3 cm³/mol. The van der Waals surface area contributed by atoms with E-state index in [0.29, 0.717) is 28.7 Å². The van der Waals surface area contributed by atoms with Crippen LogP contribution in [0.3, 0.4) is 0 Å². The van der Waals surface area contributed by atoms with Gasteiger partial charge in [0.15, 0.2) is 0 Å². The van der Waals surface area contributed by atoms with Crippen LogP contribution in [-0.4, -0.2) is 19.6 Å². The van der Waals surface area contributed by atoms with Gasteiger partial charge in [-0.1, -0.05) is 19.1 Å². The molecule has 1 aromatic carbocycles. The van der Waals surface area contributed by atoms with Crippen LogP contribution in [-0.2, 0) is 23.1 Å². The largest absolute Gasteiger partial charge is 0.392 e. The molecule has 2 aliphatic rings. The van der Waals surface area contributed by atoms with Crippen LogP contribution in [0.5, 0.6) is 0 Å². The fourth-order valence-corrected chi connectivity index (χ4v) is 4.70. The van der Waals surface area contributed by atoms with E-state index >= 15 is 0 Å². The maximum Gasteiger partial charge on any atom is 0.241 e. The summed E-state index contributed by atoms with van der Waals surface area (Å²) in [5.41, 5.74) is 1.45. The number of rotatable bonds is 7. The SMILES string of the molecule is CCc1ccc(CO)cc1S(=O)(=O)NC(C1CC1)C1CC1. The van der Waals surface area contributed by atoms with Crippen molar-refractivity contribution in [3.8, 4) is 0 Å². The van der Waals surface area contributed by atoms with E-state index in [1.54, 1.807) is 12.1 Å². The van der Waals surface area contributed by atoms with Gasteiger partial charge < -0.3 is 5.11 Å². The molecule has 4 nitrogen and oxygen atoms in total. The van der Waals surface area contributed by atoms with Crippen LogP contribution in [0, 0.1) is 11.8 Å². The molecule has 2 fully saturated rings. The summed E-state index contributed by atoms with van der Waals surface area (Å²) >= 11 is 0. The van der Waals surface area contributed by atoms with E-state index in [1.165, 1.54) is 0 Å². The summed E-state index contributed by atoms with van der Waals surface area (Å²) in [7, 11) is -3.51. The molecule has 0 spiro atoms. The summed E-state index contributed by atoms with van der Waals surface area (Å²) in [4.78, 5) is 0.336. The fourth-order valence-electron chi connectivity index (χ4n) is 2.97. The van der Waals surface area contributed by atoms with Crippen LogP contribution in [0.2, 0.25) is 0 Å². The van der Waals surface area contributed by atoms with E-state index in [9.17, 15) is 13.5 Å². The lowest BCUT2D eigenvalue weighted by Crippen LogP contribution is -2.38. The summed E-state index contributed by atoms with van der Waals surface area (Å²) in [6, 6.07) is 5.32. The zero-order valence-electron chi connectivity index (χ0n) is 12.4. The molecule has 3 rings (SSSR count). The first-order chi connectivity index (χ1) is 10.0. The second kappa shape index (κ2) is 5.71. The Labute approximate surface area is 126 Å². The standard InChI is InChI=1S/C16H23NO3S/c1-2-12-4-3-11(10-18)9-15(12)21(19,20)17-16(13-5-6-13)14-7-8-14/h3-4,9,13-14,16-18H,2,5-8,10H2,1H3. The molecule has 0 aromatic heterocycles. The maximum absolute atomic E-state index is 12.8. The molecule has 2 aliphatic carbocycles. The summed E-state index contributed by atoms with van der Waals surface area (Å²) in [6.07, 6.45) is 5.23. The first-order valence-corrected chi connectivity index (χ1v) is 9.28. The van der Waals surface area contributed by atoms with Crippen molar-refractivity contribution in [1.82, 2.24) is 4.72 Å². The second-order valence-corrected chi connectivity index (χ2v) is 7.96. The number of aliphatic hydroxyl groups excluding tert-OH is 1. The maximum atomic E-state index is 12.8. The minimum Gasteiger partial charge on any atom is -0.392 e. The molecule has 0 amide bonds. The molecule has 0 saturated heterocycles. The van der Waals surface area contributed by atoms with Gasteiger partial charge in [-0.15, -0.1) is 0 Å². The number of nitrogens with one attached hydrogen (secondary N) is 1. The van der Waals surface area contributed by atoms with Crippen LogP contribution in [0.25, 0.3) is 0 Å². The Bertz CT molecular complexity index is 606. The third kappa shape index (κ3) is 3.30. The van der Waals surface area contributed by atoms with Gasteiger partial charge in [-0.25, -0.2) is 13.1 Å². The zero-order chi connectivity index (χ0) is 15.0. The topological polar surface area (TPSA) is 66.4 Å². The molecular formula is C16H23NO3S. The van der Waals surface area contributed by atoms with E-state index in [1.807, 2.05) is 13.0 Å². The van der Waals surface area contributed by atoms with Crippen molar-refractivity contribution in [2.45, 2.75) is 56.6 Å². The van der Waals surface area contributed by atoms with Crippen LogP contribution < -0.4 is 4.72 Å². The van der Waals surface area contributed by atoms with Gasteiger partial charge in [-0.2, -0.15) is 0 Å². The van der Waals surface area contributed by atoms with Crippen molar-refractivity contribution in [2.24, 2.45) is 11.8 Å². The van der Waals surface area contributed by atoms with Crippen molar-refractivity contribution in [1.29, 1.82) is 0 Å². The molecule has 0 aliphatic heterocycles. The highest BCUT2D eigenvalue weighted by Crippen LogP contribution is 2.45. The molecule has 2 N–H and O–H groups in total. The molecular weight excluding hydrogens is 286 g/mol.